The lowest BCUT2D eigenvalue weighted by Crippen LogP contribution is -2.45. The van der Waals surface area contributed by atoms with Crippen molar-refractivity contribution in [1.29, 1.82) is 0 Å². The van der Waals surface area contributed by atoms with Gasteiger partial charge in [-0.1, -0.05) is 6.92 Å². The molecule has 0 spiro atoms. The van der Waals surface area contributed by atoms with Gasteiger partial charge in [-0.25, -0.2) is 4.79 Å². The van der Waals surface area contributed by atoms with E-state index in [0.717, 1.165) is 3.79 Å². The van der Waals surface area contributed by atoms with Crippen molar-refractivity contribution in [2.45, 2.75) is 19.4 Å². The van der Waals surface area contributed by atoms with Crippen molar-refractivity contribution in [1.82, 2.24) is 10.2 Å². The Hall–Kier alpha value is -1.41. The lowest BCUT2D eigenvalue weighted by molar-refractivity contribution is -0.141. The van der Waals surface area contributed by atoms with Crippen molar-refractivity contribution >= 4 is 45.1 Å². The van der Waals surface area contributed by atoms with Crippen molar-refractivity contribution in [2.24, 2.45) is 0 Å². The summed E-state index contributed by atoms with van der Waals surface area (Å²) in [6, 6.07) is 2.49. The number of carboxylic acid groups (broad SMARTS) is 1. The molecule has 2 amide bonds. The second-order valence-corrected chi connectivity index (χ2v) is 6.59. The van der Waals surface area contributed by atoms with Gasteiger partial charge in [-0.3, -0.25) is 9.59 Å². The molecule has 8 heteroatoms. The Bertz CT molecular complexity index is 517. The lowest BCUT2D eigenvalue weighted by Gasteiger charge is -2.18. The average molecular weight is 363 g/mol. The van der Waals surface area contributed by atoms with Gasteiger partial charge in [0.25, 0.3) is 5.91 Å². The number of carbonyl (C=O) groups excluding carboxylic acids is 2. The summed E-state index contributed by atoms with van der Waals surface area (Å²) in [4.78, 5) is 36.3. The van der Waals surface area contributed by atoms with Gasteiger partial charge in [0.05, 0.1) is 15.2 Å². The fourth-order valence-electron chi connectivity index (χ4n) is 1.48. The van der Waals surface area contributed by atoms with Gasteiger partial charge in [0.1, 0.15) is 6.04 Å². The zero-order chi connectivity index (χ0) is 15.3. The van der Waals surface area contributed by atoms with Crippen LogP contribution in [0.15, 0.2) is 15.9 Å². The molecular weight excluding hydrogens is 348 g/mol. The summed E-state index contributed by atoms with van der Waals surface area (Å²) in [6.07, 6.45) is 0.288. The molecule has 1 heterocycles. The predicted molar refractivity (Wildman–Crippen MR) is 78.8 cm³/mol. The molecule has 2 N–H and O–H groups in total. The summed E-state index contributed by atoms with van der Waals surface area (Å²) in [6.45, 7) is 1.48. The van der Waals surface area contributed by atoms with Crippen molar-refractivity contribution in [3.05, 3.63) is 20.8 Å². The highest BCUT2D eigenvalue weighted by atomic mass is 79.9. The molecule has 1 unspecified atom stereocenters. The van der Waals surface area contributed by atoms with Crippen LogP contribution in [0, 0.1) is 0 Å². The number of amides is 2. The number of nitrogens with zero attached hydrogens (tertiary/aromatic N) is 1. The Morgan fingerprint density at radius 1 is 1.45 bits per heavy atom. The molecule has 0 fully saturated rings. The minimum Gasteiger partial charge on any atom is -0.480 e. The number of halogens is 1. The molecule has 20 heavy (non-hydrogen) atoms. The van der Waals surface area contributed by atoms with Crippen LogP contribution in [0.1, 0.15) is 23.0 Å². The van der Waals surface area contributed by atoms with Crippen LogP contribution in [0.5, 0.6) is 0 Å². The third kappa shape index (κ3) is 4.61. The molecule has 6 nitrogen and oxygen atoms in total. The Balaban J connectivity index is 2.57. The highest BCUT2D eigenvalue weighted by Crippen LogP contribution is 2.22. The number of hydrogen-bond acceptors (Lipinski definition) is 4. The van der Waals surface area contributed by atoms with Crippen molar-refractivity contribution in [2.75, 3.05) is 13.6 Å². The first kappa shape index (κ1) is 16.6. The summed E-state index contributed by atoms with van der Waals surface area (Å²) in [5.41, 5.74) is 0. The van der Waals surface area contributed by atoms with E-state index in [9.17, 15) is 14.4 Å². The van der Waals surface area contributed by atoms with Crippen LogP contribution in [0.25, 0.3) is 0 Å². The van der Waals surface area contributed by atoms with Gasteiger partial charge in [-0.05, 0) is 34.5 Å². The Morgan fingerprint density at radius 2 is 2.10 bits per heavy atom. The molecule has 1 aromatic rings. The van der Waals surface area contributed by atoms with E-state index in [1.54, 1.807) is 19.1 Å². The highest BCUT2D eigenvalue weighted by Gasteiger charge is 2.21. The first-order valence-electron chi connectivity index (χ1n) is 5.88. The topological polar surface area (TPSA) is 86.7 Å². The van der Waals surface area contributed by atoms with Crippen molar-refractivity contribution in [3.8, 4) is 0 Å². The van der Waals surface area contributed by atoms with Crippen molar-refractivity contribution < 1.29 is 19.5 Å². The number of likely N-dealkylation sites (N-methyl/N-ethyl adjacent to an activating group) is 1. The van der Waals surface area contributed by atoms with Crippen LogP contribution in [0.4, 0.5) is 0 Å². The maximum absolute atomic E-state index is 12.0. The van der Waals surface area contributed by atoms with E-state index >= 15 is 0 Å². The van der Waals surface area contributed by atoms with Crippen LogP contribution in [-0.2, 0) is 9.59 Å². The number of thiophene rings is 1. The standard InChI is InChI=1S/C12H15BrN2O4S/c1-3-7(12(18)19)14-10(16)6-15(2)11(17)8-4-5-9(13)20-8/h4-5,7H,3,6H2,1-2H3,(H,14,16)(H,18,19). The summed E-state index contributed by atoms with van der Waals surface area (Å²) in [5.74, 6) is -1.86. The van der Waals surface area contributed by atoms with Crippen LogP contribution >= 0.6 is 27.3 Å². The number of hydrogen-bond donors (Lipinski definition) is 2. The first-order chi connectivity index (χ1) is 9.35. The van der Waals surface area contributed by atoms with Crippen molar-refractivity contribution in [3.63, 3.8) is 0 Å². The van der Waals surface area contributed by atoms with Gasteiger partial charge >= 0.3 is 5.97 Å². The van der Waals surface area contributed by atoms with Crippen LogP contribution in [0.3, 0.4) is 0 Å². The first-order valence-corrected chi connectivity index (χ1v) is 7.49. The SMILES string of the molecule is CCC(NC(=O)CN(C)C(=O)c1ccc(Br)s1)C(=O)O. The normalized spacial score (nSPS) is 11.8. The van der Waals surface area contributed by atoms with E-state index < -0.39 is 17.9 Å². The zero-order valence-corrected chi connectivity index (χ0v) is 13.5. The third-order valence-electron chi connectivity index (χ3n) is 2.55. The van der Waals surface area contributed by atoms with E-state index in [1.807, 2.05) is 0 Å². The second-order valence-electron chi connectivity index (χ2n) is 4.13. The maximum atomic E-state index is 12.0. The Kier molecular flexibility index (Phi) is 6.15. The van der Waals surface area contributed by atoms with Crippen LogP contribution in [0.2, 0.25) is 0 Å². The summed E-state index contributed by atoms with van der Waals surface area (Å²) >= 11 is 4.54. The number of carboxylic acids is 1. The summed E-state index contributed by atoms with van der Waals surface area (Å²) < 4.78 is 0.829. The molecule has 1 rings (SSSR count). The molecule has 0 aliphatic carbocycles. The zero-order valence-electron chi connectivity index (χ0n) is 11.1. The van der Waals surface area contributed by atoms with E-state index in [-0.39, 0.29) is 18.9 Å². The fourth-order valence-corrected chi connectivity index (χ4v) is 2.86. The minimum atomic E-state index is -1.09. The van der Waals surface area contributed by atoms with Crippen LogP contribution < -0.4 is 5.32 Å². The molecule has 110 valence electrons. The largest absolute Gasteiger partial charge is 0.480 e. The molecule has 1 aromatic heterocycles. The fraction of sp³-hybridized carbons (Fsp3) is 0.417. The molecule has 0 saturated carbocycles. The van der Waals surface area contributed by atoms with Gasteiger partial charge in [0.15, 0.2) is 0 Å². The van der Waals surface area contributed by atoms with Crippen LogP contribution in [-0.4, -0.2) is 47.4 Å². The van der Waals surface area contributed by atoms with E-state index in [2.05, 4.69) is 21.2 Å². The third-order valence-corrected chi connectivity index (χ3v) is 4.16. The molecule has 0 bridgehead atoms. The number of carbonyl (C=O) groups is 3. The number of rotatable bonds is 6. The maximum Gasteiger partial charge on any atom is 0.326 e. The Labute approximate surface area is 128 Å². The molecule has 0 aliphatic heterocycles. The molecule has 0 aromatic carbocycles. The van der Waals surface area contributed by atoms with Gasteiger partial charge in [0.2, 0.25) is 5.91 Å². The number of nitrogens with one attached hydrogen (secondary N) is 1. The van der Waals surface area contributed by atoms with Gasteiger partial charge in [0, 0.05) is 7.05 Å². The van der Waals surface area contributed by atoms with E-state index in [4.69, 9.17) is 5.11 Å². The molecule has 0 saturated heterocycles. The molecular formula is C12H15BrN2O4S. The summed E-state index contributed by atoms with van der Waals surface area (Å²) in [5, 5.41) is 11.2. The molecule has 0 aliphatic rings. The van der Waals surface area contributed by atoms with Gasteiger partial charge < -0.3 is 15.3 Å². The highest BCUT2D eigenvalue weighted by molar-refractivity contribution is 9.11. The molecule has 1 atom stereocenters. The van der Waals surface area contributed by atoms with E-state index in [1.165, 1.54) is 23.3 Å². The summed E-state index contributed by atoms with van der Waals surface area (Å²) in [7, 11) is 1.50. The number of aliphatic carboxylic acids is 1. The Morgan fingerprint density at radius 3 is 2.55 bits per heavy atom. The average Bonchev–Trinajstić information content (AvgIpc) is 2.81. The quantitative estimate of drug-likeness (QED) is 0.803. The van der Waals surface area contributed by atoms with Gasteiger partial charge in [-0.15, -0.1) is 11.3 Å². The second kappa shape index (κ2) is 7.39. The van der Waals surface area contributed by atoms with E-state index in [0.29, 0.717) is 4.88 Å². The lowest BCUT2D eigenvalue weighted by atomic mass is 10.2. The van der Waals surface area contributed by atoms with Gasteiger partial charge in [-0.2, -0.15) is 0 Å². The monoisotopic (exact) mass is 362 g/mol. The minimum absolute atomic E-state index is 0.182. The smallest absolute Gasteiger partial charge is 0.326 e. The molecule has 0 radical (unpaired) electrons. The predicted octanol–water partition coefficient (Wildman–Crippen LogP) is 1.56.